The predicted molar refractivity (Wildman–Crippen MR) is 88.2 cm³/mol. The number of hydrogen-bond donors (Lipinski definition) is 0. The predicted octanol–water partition coefficient (Wildman–Crippen LogP) is 6.18. The zero-order chi connectivity index (χ0) is 15.5. The minimum absolute atomic E-state index is 0.319. The van der Waals surface area contributed by atoms with Crippen LogP contribution in [-0.2, 0) is 0 Å². The first-order chi connectivity index (χ1) is 10.7. The van der Waals surface area contributed by atoms with Gasteiger partial charge in [-0.05, 0) is 87.9 Å². The largest absolute Gasteiger partial charge is 0.244 e. The fourth-order valence-electron chi connectivity index (χ4n) is 4.94. The van der Waals surface area contributed by atoms with Crippen LogP contribution in [0.4, 0.5) is 8.78 Å². The Bertz CT molecular complexity index is 406. The highest BCUT2D eigenvalue weighted by Gasteiger charge is 2.34. The zero-order valence-electron chi connectivity index (χ0n) is 13.7. The summed E-state index contributed by atoms with van der Waals surface area (Å²) >= 11 is 0. The molecular weight excluding hydrogens is 278 g/mol. The smallest absolute Gasteiger partial charge is 0.132 e. The summed E-state index contributed by atoms with van der Waals surface area (Å²) in [5.41, 5.74) is 1.44. The van der Waals surface area contributed by atoms with Gasteiger partial charge in [-0.3, -0.25) is 0 Å². The molecule has 2 fully saturated rings. The first kappa shape index (κ1) is 16.2. The molecule has 4 atom stereocenters. The van der Waals surface area contributed by atoms with Crippen LogP contribution < -0.4 is 0 Å². The molecule has 0 nitrogen and oxygen atoms in total. The molecule has 3 rings (SSSR count). The van der Waals surface area contributed by atoms with E-state index in [4.69, 9.17) is 0 Å². The van der Waals surface area contributed by atoms with Crippen LogP contribution in [0.3, 0.4) is 0 Å². The van der Waals surface area contributed by atoms with E-state index < -0.39 is 12.3 Å². The molecule has 0 aliphatic heterocycles. The Morgan fingerprint density at radius 2 is 1.68 bits per heavy atom. The molecule has 0 radical (unpaired) electrons. The quantitative estimate of drug-likeness (QED) is 0.546. The highest BCUT2D eigenvalue weighted by atomic mass is 19.2. The molecular formula is C20H30F2. The van der Waals surface area contributed by atoms with E-state index in [1.54, 1.807) is 0 Å². The Hall–Kier alpha value is -0.660. The first-order valence-electron chi connectivity index (χ1n) is 9.27. The molecule has 0 aromatic heterocycles. The molecule has 124 valence electrons. The van der Waals surface area contributed by atoms with Crippen molar-refractivity contribution in [3.05, 3.63) is 24.3 Å². The summed E-state index contributed by atoms with van der Waals surface area (Å²) in [6, 6.07) is 0. The Morgan fingerprint density at radius 1 is 0.909 bits per heavy atom. The molecule has 0 saturated heterocycles. The lowest BCUT2D eigenvalue weighted by molar-refractivity contribution is 0.0965. The molecule has 2 heteroatoms. The van der Waals surface area contributed by atoms with Gasteiger partial charge in [0.25, 0.3) is 0 Å². The van der Waals surface area contributed by atoms with Crippen molar-refractivity contribution in [1.29, 1.82) is 0 Å². The lowest BCUT2D eigenvalue weighted by Crippen LogP contribution is -2.29. The Balaban J connectivity index is 1.51. The van der Waals surface area contributed by atoms with Crippen molar-refractivity contribution in [2.75, 3.05) is 0 Å². The van der Waals surface area contributed by atoms with Gasteiger partial charge in [0.05, 0.1) is 0 Å². The maximum atomic E-state index is 13.6. The molecule has 2 saturated carbocycles. The topological polar surface area (TPSA) is 0 Å². The van der Waals surface area contributed by atoms with E-state index in [1.165, 1.54) is 44.1 Å². The fourth-order valence-corrected chi connectivity index (χ4v) is 4.94. The Morgan fingerprint density at radius 3 is 2.27 bits per heavy atom. The Labute approximate surface area is 134 Å². The van der Waals surface area contributed by atoms with Crippen molar-refractivity contribution >= 4 is 0 Å². The van der Waals surface area contributed by atoms with E-state index in [1.807, 2.05) is 0 Å². The fraction of sp³-hybridized carbons (Fsp3) is 0.800. The van der Waals surface area contributed by atoms with Crippen molar-refractivity contribution in [3.63, 3.8) is 0 Å². The minimum atomic E-state index is -1.23. The van der Waals surface area contributed by atoms with Crippen LogP contribution in [0.15, 0.2) is 24.3 Å². The second-order valence-corrected chi connectivity index (χ2v) is 7.77. The third kappa shape index (κ3) is 3.63. The van der Waals surface area contributed by atoms with Gasteiger partial charge < -0.3 is 0 Å². The van der Waals surface area contributed by atoms with E-state index in [2.05, 4.69) is 18.7 Å². The summed E-state index contributed by atoms with van der Waals surface area (Å²) in [7, 11) is 0. The van der Waals surface area contributed by atoms with Gasteiger partial charge >= 0.3 is 0 Å². The molecule has 0 aromatic rings. The van der Waals surface area contributed by atoms with Crippen molar-refractivity contribution in [2.24, 2.45) is 23.7 Å². The van der Waals surface area contributed by atoms with Crippen molar-refractivity contribution in [2.45, 2.75) is 76.6 Å². The maximum Gasteiger partial charge on any atom is 0.132 e. The summed E-state index contributed by atoms with van der Waals surface area (Å²) in [5, 5.41) is 0. The molecule has 0 bridgehead atoms. The van der Waals surface area contributed by atoms with Gasteiger partial charge in [-0.1, -0.05) is 17.7 Å². The van der Waals surface area contributed by atoms with E-state index >= 15 is 0 Å². The standard InChI is InChI=1S/C20H30F2/c1-2-14-3-5-15(6-4-14)16-7-9-17(10-8-16)18-11-12-19(21)20(22)13-18/h2,9,14-16,18-20H,1,3-8,10-13H2. The van der Waals surface area contributed by atoms with E-state index in [9.17, 15) is 8.78 Å². The molecule has 3 aliphatic carbocycles. The molecule has 0 aromatic carbocycles. The number of allylic oxidation sites excluding steroid dienone is 3. The molecule has 4 unspecified atom stereocenters. The van der Waals surface area contributed by atoms with Crippen LogP contribution in [0.25, 0.3) is 0 Å². The lowest BCUT2D eigenvalue weighted by atomic mass is 9.69. The molecule has 22 heavy (non-hydrogen) atoms. The summed E-state index contributed by atoms with van der Waals surface area (Å²) in [4.78, 5) is 0. The van der Waals surface area contributed by atoms with E-state index in [0.29, 0.717) is 18.8 Å². The lowest BCUT2D eigenvalue weighted by Gasteiger charge is -2.37. The van der Waals surface area contributed by atoms with Crippen molar-refractivity contribution in [3.8, 4) is 0 Å². The SMILES string of the molecule is C=CC1CCC(C2CC=C(C3CCC(F)C(F)C3)CC2)CC1. The van der Waals surface area contributed by atoms with Crippen LogP contribution in [0.2, 0.25) is 0 Å². The summed E-state index contributed by atoms with van der Waals surface area (Å²) in [6.45, 7) is 3.93. The third-order valence-electron chi connectivity index (χ3n) is 6.52. The Kier molecular flexibility index (Phi) is 5.36. The number of alkyl halides is 2. The van der Waals surface area contributed by atoms with Crippen LogP contribution in [0, 0.1) is 23.7 Å². The first-order valence-corrected chi connectivity index (χ1v) is 9.27. The van der Waals surface area contributed by atoms with Gasteiger partial charge in [-0.2, -0.15) is 0 Å². The maximum absolute atomic E-state index is 13.6. The van der Waals surface area contributed by atoms with Gasteiger partial charge in [-0.25, -0.2) is 8.78 Å². The third-order valence-corrected chi connectivity index (χ3v) is 6.52. The minimum Gasteiger partial charge on any atom is -0.244 e. The van der Waals surface area contributed by atoms with Gasteiger partial charge in [0.15, 0.2) is 0 Å². The number of hydrogen-bond acceptors (Lipinski definition) is 0. The summed E-state index contributed by atoms with van der Waals surface area (Å²) < 4.78 is 26.9. The summed E-state index contributed by atoms with van der Waals surface area (Å²) in [5.74, 6) is 2.76. The van der Waals surface area contributed by atoms with Crippen LogP contribution in [0.1, 0.15) is 64.2 Å². The van der Waals surface area contributed by atoms with E-state index in [0.717, 1.165) is 30.6 Å². The van der Waals surface area contributed by atoms with Gasteiger partial charge in [0, 0.05) is 0 Å². The van der Waals surface area contributed by atoms with E-state index in [-0.39, 0.29) is 0 Å². The van der Waals surface area contributed by atoms with Crippen LogP contribution in [0.5, 0.6) is 0 Å². The van der Waals surface area contributed by atoms with Gasteiger partial charge in [0.1, 0.15) is 12.3 Å². The zero-order valence-corrected chi connectivity index (χ0v) is 13.7. The average Bonchev–Trinajstić information content (AvgIpc) is 2.58. The average molecular weight is 308 g/mol. The highest BCUT2D eigenvalue weighted by molar-refractivity contribution is 5.13. The van der Waals surface area contributed by atoms with Gasteiger partial charge in [-0.15, -0.1) is 6.58 Å². The molecule has 0 spiro atoms. The van der Waals surface area contributed by atoms with Crippen LogP contribution >= 0.6 is 0 Å². The highest BCUT2D eigenvalue weighted by Crippen LogP contribution is 2.43. The summed E-state index contributed by atoms with van der Waals surface area (Å²) in [6.07, 6.45) is 12.6. The van der Waals surface area contributed by atoms with Crippen LogP contribution in [-0.4, -0.2) is 12.3 Å². The number of rotatable bonds is 3. The monoisotopic (exact) mass is 308 g/mol. The second-order valence-electron chi connectivity index (χ2n) is 7.77. The van der Waals surface area contributed by atoms with Crippen molar-refractivity contribution < 1.29 is 8.78 Å². The molecule has 0 amide bonds. The second kappa shape index (κ2) is 7.27. The molecule has 0 N–H and O–H groups in total. The normalized spacial score (nSPS) is 43.5. The molecule has 3 aliphatic rings. The molecule has 0 heterocycles. The van der Waals surface area contributed by atoms with Crippen molar-refractivity contribution in [1.82, 2.24) is 0 Å². The number of halogens is 2. The van der Waals surface area contributed by atoms with Gasteiger partial charge in [0.2, 0.25) is 0 Å².